The summed E-state index contributed by atoms with van der Waals surface area (Å²) in [7, 11) is -3.11. The minimum absolute atomic E-state index is 0.0934. The fraction of sp³-hybridized carbons (Fsp3) is 0.529. The van der Waals surface area contributed by atoms with Crippen LogP contribution >= 0.6 is 0 Å². The molecule has 2 aliphatic rings. The number of ether oxygens (including phenoxy) is 1. The van der Waals surface area contributed by atoms with Gasteiger partial charge in [0.25, 0.3) is 0 Å². The SMILES string of the molecule is CCCS(=O)(=O)N1CC(Oc2ccc(-c3noc(C4CC4)n3)cc2)C1. The maximum atomic E-state index is 11.9. The molecule has 134 valence electrons. The molecule has 2 fully saturated rings. The highest BCUT2D eigenvalue weighted by Crippen LogP contribution is 2.39. The van der Waals surface area contributed by atoms with Crippen molar-refractivity contribution in [2.45, 2.75) is 38.2 Å². The third kappa shape index (κ3) is 3.55. The van der Waals surface area contributed by atoms with Gasteiger partial charge >= 0.3 is 0 Å². The van der Waals surface area contributed by atoms with Crippen molar-refractivity contribution in [3.8, 4) is 17.1 Å². The zero-order chi connectivity index (χ0) is 17.4. The van der Waals surface area contributed by atoms with Crippen molar-refractivity contribution in [2.75, 3.05) is 18.8 Å². The average molecular weight is 363 g/mol. The van der Waals surface area contributed by atoms with Gasteiger partial charge < -0.3 is 9.26 Å². The van der Waals surface area contributed by atoms with Gasteiger partial charge in [0.2, 0.25) is 21.7 Å². The molecule has 8 heteroatoms. The van der Waals surface area contributed by atoms with Crippen molar-refractivity contribution in [1.29, 1.82) is 0 Å². The average Bonchev–Trinajstić information content (AvgIpc) is 3.28. The van der Waals surface area contributed by atoms with Gasteiger partial charge in [0.05, 0.1) is 18.8 Å². The second-order valence-corrected chi connectivity index (χ2v) is 8.72. The van der Waals surface area contributed by atoms with Gasteiger partial charge in [0.15, 0.2) is 0 Å². The molecule has 4 rings (SSSR count). The van der Waals surface area contributed by atoms with Gasteiger partial charge in [0.1, 0.15) is 11.9 Å². The molecule has 1 aromatic heterocycles. The number of rotatable bonds is 7. The van der Waals surface area contributed by atoms with Gasteiger partial charge in [-0.3, -0.25) is 0 Å². The van der Waals surface area contributed by atoms with Gasteiger partial charge in [-0.25, -0.2) is 8.42 Å². The van der Waals surface area contributed by atoms with E-state index in [0.29, 0.717) is 37.0 Å². The molecule has 0 spiro atoms. The summed E-state index contributed by atoms with van der Waals surface area (Å²) in [6.45, 7) is 2.70. The molecule has 1 aromatic carbocycles. The first-order valence-electron chi connectivity index (χ1n) is 8.63. The maximum absolute atomic E-state index is 11.9. The molecular formula is C17H21N3O4S. The zero-order valence-electron chi connectivity index (χ0n) is 14.1. The number of nitrogens with zero attached hydrogens (tertiary/aromatic N) is 3. The summed E-state index contributed by atoms with van der Waals surface area (Å²) >= 11 is 0. The Kier molecular flexibility index (Phi) is 4.24. The number of aromatic nitrogens is 2. The summed E-state index contributed by atoms with van der Waals surface area (Å²) in [5, 5.41) is 4.02. The van der Waals surface area contributed by atoms with Crippen LogP contribution < -0.4 is 4.74 Å². The number of sulfonamides is 1. The molecule has 0 radical (unpaired) electrons. The van der Waals surface area contributed by atoms with Crippen molar-refractivity contribution in [2.24, 2.45) is 0 Å². The number of benzene rings is 1. The van der Waals surface area contributed by atoms with E-state index in [2.05, 4.69) is 10.1 Å². The minimum atomic E-state index is -3.11. The Morgan fingerprint density at radius 1 is 1.24 bits per heavy atom. The molecule has 0 bridgehead atoms. The monoisotopic (exact) mass is 363 g/mol. The summed E-state index contributed by atoms with van der Waals surface area (Å²) in [4.78, 5) is 4.42. The van der Waals surface area contributed by atoms with Crippen molar-refractivity contribution in [1.82, 2.24) is 14.4 Å². The lowest BCUT2D eigenvalue weighted by Gasteiger charge is -2.37. The van der Waals surface area contributed by atoms with E-state index in [1.807, 2.05) is 31.2 Å². The molecule has 0 amide bonds. The first kappa shape index (κ1) is 16.5. The van der Waals surface area contributed by atoms with Gasteiger partial charge in [-0.05, 0) is 43.5 Å². The van der Waals surface area contributed by atoms with Crippen LogP contribution in [0.4, 0.5) is 0 Å². The first-order chi connectivity index (χ1) is 12.0. The molecule has 1 saturated carbocycles. The van der Waals surface area contributed by atoms with E-state index in [4.69, 9.17) is 9.26 Å². The second-order valence-electron chi connectivity index (χ2n) is 6.63. The Labute approximate surface area is 147 Å². The molecule has 2 aromatic rings. The number of hydrogen-bond acceptors (Lipinski definition) is 6. The van der Waals surface area contributed by atoms with Crippen LogP contribution in [0.3, 0.4) is 0 Å². The van der Waals surface area contributed by atoms with E-state index in [1.165, 1.54) is 4.31 Å². The smallest absolute Gasteiger partial charge is 0.230 e. The zero-order valence-corrected chi connectivity index (χ0v) is 14.9. The lowest BCUT2D eigenvalue weighted by Crippen LogP contribution is -2.56. The second kappa shape index (κ2) is 6.42. The van der Waals surface area contributed by atoms with E-state index in [1.54, 1.807) is 0 Å². The van der Waals surface area contributed by atoms with E-state index < -0.39 is 10.0 Å². The lowest BCUT2D eigenvalue weighted by molar-refractivity contribution is 0.0762. The quantitative estimate of drug-likeness (QED) is 0.751. The standard InChI is InChI=1S/C17H21N3O4S/c1-2-9-25(21,22)20-10-15(11-20)23-14-7-5-12(6-8-14)16-18-17(24-19-16)13-3-4-13/h5-8,13,15H,2-4,9-11H2,1H3. The predicted molar refractivity (Wildman–Crippen MR) is 91.8 cm³/mol. The highest BCUT2D eigenvalue weighted by molar-refractivity contribution is 7.89. The van der Waals surface area contributed by atoms with Crippen LogP contribution in [0.15, 0.2) is 28.8 Å². The van der Waals surface area contributed by atoms with E-state index >= 15 is 0 Å². The van der Waals surface area contributed by atoms with Crippen LogP contribution in [0.25, 0.3) is 11.4 Å². The summed E-state index contributed by atoms with van der Waals surface area (Å²) in [6, 6.07) is 7.49. The van der Waals surface area contributed by atoms with Gasteiger partial charge in [-0.15, -0.1) is 0 Å². The van der Waals surface area contributed by atoms with Gasteiger partial charge in [-0.1, -0.05) is 12.1 Å². The van der Waals surface area contributed by atoms with Crippen LogP contribution in [0.5, 0.6) is 5.75 Å². The predicted octanol–water partition coefficient (Wildman–Crippen LogP) is 2.42. The molecule has 7 nitrogen and oxygen atoms in total. The lowest BCUT2D eigenvalue weighted by atomic mass is 10.2. The molecule has 2 heterocycles. The van der Waals surface area contributed by atoms with Gasteiger partial charge in [0, 0.05) is 11.5 Å². The highest BCUT2D eigenvalue weighted by Gasteiger charge is 2.36. The third-order valence-corrected chi connectivity index (χ3v) is 6.46. The fourth-order valence-corrected chi connectivity index (χ4v) is 4.37. The van der Waals surface area contributed by atoms with Crippen LogP contribution in [0.2, 0.25) is 0 Å². The van der Waals surface area contributed by atoms with Crippen molar-refractivity contribution >= 4 is 10.0 Å². The van der Waals surface area contributed by atoms with Crippen LogP contribution in [0, 0.1) is 0 Å². The highest BCUT2D eigenvalue weighted by atomic mass is 32.2. The normalized spacial score (nSPS) is 18.9. The minimum Gasteiger partial charge on any atom is -0.488 e. The van der Waals surface area contributed by atoms with Crippen LogP contribution in [-0.2, 0) is 10.0 Å². The summed E-state index contributed by atoms with van der Waals surface area (Å²) < 4.78 is 36.4. The molecule has 25 heavy (non-hydrogen) atoms. The Bertz CT molecular complexity index is 837. The topological polar surface area (TPSA) is 85.5 Å². The Balaban J connectivity index is 1.34. The van der Waals surface area contributed by atoms with Crippen molar-refractivity contribution in [3.63, 3.8) is 0 Å². The number of hydrogen-bond donors (Lipinski definition) is 0. The molecule has 0 unspecified atom stereocenters. The van der Waals surface area contributed by atoms with Crippen LogP contribution in [0.1, 0.15) is 38.0 Å². The van der Waals surface area contributed by atoms with Crippen LogP contribution in [-0.4, -0.2) is 47.8 Å². The third-order valence-electron chi connectivity index (χ3n) is 4.45. The largest absolute Gasteiger partial charge is 0.488 e. The van der Waals surface area contributed by atoms with Crippen molar-refractivity contribution < 1.29 is 17.7 Å². The summed E-state index contributed by atoms with van der Waals surface area (Å²) in [5.41, 5.74) is 0.878. The summed E-state index contributed by atoms with van der Waals surface area (Å²) in [5.74, 6) is 2.66. The molecule has 1 saturated heterocycles. The first-order valence-corrected chi connectivity index (χ1v) is 10.2. The van der Waals surface area contributed by atoms with Crippen molar-refractivity contribution in [3.05, 3.63) is 30.2 Å². The van der Waals surface area contributed by atoms with E-state index in [9.17, 15) is 8.42 Å². The molecular weight excluding hydrogens is 342 g/mol. The van der Waals surface area contributed by atoms with E-state index in [0.717, 1.165) is 24.3 Å². The molecule has 1 aliphatic heterocycles. The molecule has 0 atom stereocenters. The maximum Gasteiger partial charge on any atom is 0.230 e. The van der Waals surface area contributed by atoms with Gasteiger partial charge in [-0.2, -0.15) is 9.29 Å². The molecule has 0 N–H and O–H groups in total. The Hall–Kier alpha value is -1.93. The fourth-order valence-electron chi connectivity index (χ4n) is 2.81. The Morgan fingerprint density at radius 3 is 2.60 bits per heavy atom. The molecule has 1 aliphatic carbocycles. The Morgan fingerprint density at radius 2 is 1.96 bits per heavy atom. The summed E-state index contributed by atoms with van der Waals surface area (Å²) in [6.07, 6.45) is 2.79. The van der Waals surface area contributed by atoms with E-state index in [-0.39, 0.29) is 11.9 Å².